The van der Waals surface area contributed by atoms with E-state index in [4.69, 9.17) is 9.47 Å². The lowest BCUT2D eigenvalue weighted by Crippen LogP contribution is -2.10. The molecule has 2 aromatic heterocycles. The van der Waals surface area contributed by atoms with E-state index in [9.17, 15) is 4.79 Å². The lowest BCUT2D eigenvalue weighted by Gasteiger charge is -2.17. The summed E-state index contributed by atoms with van der Waals surface area (Å²) in [6.45, 7) is 5.48. The van der Waals surface area contributed by atoms with Gasteiger partial charge in [0.15, 0.2) is 6.29 Å². The maximum Gasteiger partial charge on any atom is 0.288 e. The van der Waals surface area contributed by atoms with Gasteiger partial charge in [-0.05, 0) is 26.0 Å². The Morgan fingerprint density at radius 1 is 1.19 bits per heavy atom. The van der Waals surface area contributed by atoms with Crippen LogP contribution >= 0.6 is 22.7 Å². The Balaban J connectivity index is 2.13. The predicted molar refractivity (Wildman–Crippen MR) is 86.0 cm³/mol. The summed E-state index contributed by atoms with van der Waals surface area (Å²) in [6.07, 6.45) is 2.99. The molecule has 0 aliphatic carbocycles. The smallest absolute Gasteiger partial charge is 0.288 e. The molecule has 0 saturated heterocycles. The summed E-state index contributed by atoms with van der Waals surface area (Å²) < 4.78 is 11.2. The largest absolute Gasteiger partial charge is 0.380 e. The fourth-order valence-electron chi connectivity index (χ4n) is 1.78. The number of aromatic nitrogens is 1. The molecule has 0 unspecified atom stereocenters. The number of ether oxygens (including phenoxy) is 2. The van der Waals surface area contributed by atoms with E-state index in [-0.39, 0.29) is 4.06 Å². The predicted octanol–water partition coefficient (Wildman–Crippen LogP) is 3.25. The Labute approximate surface area is 131 Å². The van der Waals surface area contributed by atoms with Crippen LogP contribution in [0.4, 0.5) is 5.69 Å². The highest BCUT2D eigenvalue weighted by molar-refractivity contribution is 7.27. The van der Waals surface area contributed by atoms with Gasteiger partial charge in [0.25, 0.3) is 4.06 Å². The third-order valence-electron chi connectivity index (χ3n) is 2.66. The van der Waals surface area contributed by atoms with Gasteiger partial charge in [-0.15, -0.1) is 0 Å². The molecule has 1 N–H and O–H groups in total. The van der Waals surface area contributed by atoms with E-state index in [2.05, 4.69) is 10.3 Å². The average Bonchev–Trinajstić information content (AvgIpc) is 2.87. The van der Waals surface area contributed by atoms with Crippen molar-refractivity contribution in [1.29, 1.82) is 0 Å². The van der Waals surface area contributed by atoms with Crippen LogP contribution in [0.15, 0.2) is 29.3 Å². The molecule has 0 bridgehead atoms. The van der Waals surface area contributed by atoms with Gasteiger partial charge in [-0.25, -0.2) is 0 Å². The fourth-order valence-corrected chi connectivity index (χ4v) is 3.90. The van der Waals surface area contributed by atoms with Crippen molar-refractivity contribution < 1.29 is 9.47 Å². The van der Waals surface area contributed by atoms with Crippen molar-refractivity contribution in [2.45, 2.75) is 26.7 Å². The van der Waals surface area contributed by atoms with Crippen LogP contribution in [0.25, 0.3) is 0 Å². The van der Waals surface area contributed by atoms with Crippen LogP contribution < -0.4 is 9.37 Å². The molecule has 0 radical (unpaired) electrons. The molecule has 21 heavy (non-hydrogen) atoms. The number of anilines is 1. The zero-order valence-electron chi connectivity index (χ0n) is 12.0. The molecule has 0 atom stereocenters. The van der Waals surface area contributed by atoms with Gasteiger partial charge in [0, 0.05) is 36.2 Å². The molecule has 2 heterocycles. The van der Waals surface area contributed by atoms with Gasteiger partial charge in [0.1, 0.15) is 0 Å². The SMILES string of the molecule is CCOC(OCC)c1sc(=O)sc1CNc1ccncc1. The van der Waals surface area contributed by atoms with Crippen molar-refractivity contribution in [3.8, 4) is 0 Å². The van der Waals surface area contributed by atoms with Crippen molar-refractivity contribution in [2.75, 3.05) is 18.5 Å². The molecular formula is C14H18N2O3S2. The highest BCUT2D eigenvalue weighted by Crippen LogP contribution is 2.29. The van der Waals surface area contributed by atoms with Crippen molar-refractivity contribution in [1.82, 2.24) is 4.98 Å². The molecule has 2 rings (SSSR count). The number of nitrogens with one attached hydrogen (secondary N) is 1. The normalized spacial score (nSPS) is 11.0. The van der Waals surface area contributed by atoms with Gasteiger partial charge in [0.2, 0.25) is 0 Å². The minimum absolute atomic E-state index is 0.0564. The highest BCUT2D eigenvalue weighted by Gasteiger charge is 2.20. The van der Waals surface area contributed by atoms with Gasteiger partial charge in [-0.3, -0.25) is 9.78 Å². The van der Waals surface area contributed by atoms with E-state index < -0.39 is 6.29 Å². The van der Waals surface area contributed by atoms with Crippen LogP contribution in [-0.2, 0) is 16.0 Å². The molecule has 0 saturated carbocycles. The average molecular weight is 326 g/mol. The maximum atomic E-state index is 11.7. The molecule has 0 fully saturated rings. The van der Waals surface area contributed by atoms with E-state index in [0.29, 0.717) is 19.8 Å². The first-order chi connectivity index (χ1) is 10.2. The topological polar surface area (TPSA) is 60.5 Å². The van der Waals surface area contributed by atoms with Gasteiger partial charge in [0.05, 0.1) is 11.4 Å². The molecule has 0 aromatic carbocycles. The van der Waals surface area contributed by atoms with Gasteiger partial charge < -0.3 is 14.8 Å². The third kappa shape index (κ3) is 4.60. The quantitative estimate of drug-likeness (QED) is 0.755. The first-order valence-electron chi connectivity index (χ1n) is 6.74. The first kappa shape index (κ1) is 16.1. The third-order valence-corrected chi connectivity index (χ3v) is 4.89. The number of pyridine rings is 1. The van der Waals surface area contributed by atoms with Crippen LogP contribution in [0.1, 0.15) is 29.9 Å². The fraction of sp³-hybridized carbons (Fsp3) is 0.429. The summed E-state index contributed by atoms with van der Waals surface area (Å²) >= 11 is 2.44. The van der Waals surface area contributed by atoms with E-state index in [1.807, 2.05) is 26.0 Å². The second kappa shape index (κ2) is 8.23. The summed E-state index contributed by atoms with van der Waals surface area (Å²) in [5.41, 5.74) is 0.964. The summed E-state index contributed by atoms with van der Waals surface area (Å²) in [4.78, 5) is 17.5. The second-order valence-electron chi connectivity index (χ2n) is 4.07. The standard InChI is InChI=1S/C14H18N2O3S2/c1-3-18-13(19-4-2)12-11(20-14(17)21-12)9-16-10-5-7-15-8-6-10/h5-8,13H,3-4,9H2,1-2H3,(H,15,16). The Kier molecular flexibility index (Phi) is 6.31. The van der Waals surface area contributed by atoms with Gasteiger partial charge in [-0.1, -0.05) is 22.7 Å². The minimum Gasteiger partial charge on any atom is -0.380 e. The van der Waals surface area contributed by atoms with E-state index >= 15 is 0 Å². The summed E-state index contributed by atoms with van der Waals surface area (Å²) in [5.74, 6) is 0. The molecule has 0 spiro atoms. The monoisotopic (exact) mass is 326 g/mol. The van der Waals surface area contributed by atoms with Crippen molar-refractivity contribution in [3.05, 3.63) is 43.1 Å². The Morgan fingerprint density at radius 3 is 2.48 bits per heavy atom. The van der Waals surface area contributed by atoms with Crippen molar-refractivity contribution in [3.63, 3.8) is 0 Å². The number of hydrogen-bond donors (Lipinski definition) is 1. The number of hydrogen-bond acceptors (Lipinski definition) is 7. The molecule has 2 aromatic rings. The Hall–Kier alpha value is -1.28. The van der Waals surface area contributed by atoms with Crippen LogP contribution in [0.5, 0.6) is 0 Å². The summed E-state index contributed by atoms with van der Waals surface area (Å²) in [6, 6.07) is 3.77. The van der Waals surface area contributed by atoms with Crippen LogP contribution in [0, 0.1) is 0 Å². The molecule has 0 aliphatic heterocycles. The first-order valence-corrected chi connectivity index (χ1v) is 8.37. The zero-order valence-corrected chi connectivity index (χ0v) is 13.6. The highest BCUT2D eigenvalue weighted by atomic mass is 32.2. The molecule has 7 heteroatoms. The van der Waals surface area contributed by atoms with Crippen LogP contribution in [-0.4, -0.2) is 18.2 Å². The van der Waals surface area contributed by atoms with Gasteiger partial charge >= 0.3 is 0 Å². The summed E-state index contributed by atoms with van der Waals surface area (Å²) in [5, 5.41) is 3.28. The molecule has 0 amide bonds. The Bertz CT molecular complexity index is 592. The molecule has 114 valence electrons. The Morgan fingerprint density at radius 2 is 1.86 bits per heavy atom. The maximum absolute atomic E-state index is 11.7. The van der Waals surface area contributed by atoms with E-state index in [1.165, 1.54) is 22.7 Å². The molecule has 5 nitrogen and oxygen atoms in total. The van der Waals surface area contributed by atoms with E-state index in [1.54, 1.807) is 12.4 Å². The minimum atomic E-state index is -0.460. The molecule has 0 aliphatic rings. The van der Waals surface area contributed by atoms with Gasteiger partial charge in [-0.2, -0.15) is 0 Å². The molecular weight excluding hydrogens is 308 g/mol. The summed E-state index contributed by atoms with van der Waals surface area (Å²) in [7, 11) is 0. The van der Waals surface area contributed by atoms with Crippen molar-refractivity contribution >= 4 is 28.4 Å². The zero-order chi connectivity index (χ0) is 15.1. The van der Waals surface area contributed by atoms with E-state index in [0.717, 1.165) is 15.4 Å². The lowest BCUT2D eigenvalue weighted by molar-refractivity contribution is -0.138. The number of nitrogens with zero attached hydrogens (tertiary/aromatic N) is 1. The number of rotatable bonds is 8. The van der Waals surface area contributed by atoms with Crippen molar-refractivity contribution in [2.24, 2.45) is 0 Å². The van der Waals surface area contributed by atoms with Crippen LogP contribution in [0.3, 0.4) is 0 Å². The second-order valence-corrected chi connectivity index (χ2v) is 6.41. The van der Waals surface area contributed by atoms with Crippen LogP contribution in [0.2, 0.25) is 0 Å². The lowest BCUT2D eigenvalue weighted by atomic mass is 10.3.